The number of nitrogens with zero attached hydrogens (tertiary/aromatic N) is 2. The molecular formula is C14H18ClN3O. The van der Waals surface area contributed by atoms with E-state index in [-0.39, 0.29) is 18.4 Å². The molecule has 1 aliphatic heterocycles. The van der Waals surface area contributed by atoms with Crippen LogP contribution in [0.25, 0.3) is 11.5 Å². The van der Waals surface area contributed by atoms with E-state index in [1.807, 2.05) is 30.3 Å². The highest BCUT2D eigenvalue weighted by atomic mass is 35.5. The number of hydrogen-bond acceptors (Lipinski definition) is 4. The lowest BCUT2D eigenvalue weighted by Crippen LogP contribution is -2.21. The van der Waals surface area contributed by atoms with Crippen LogP contribution in [0.4, 0.5) is 0 Å². The van der Waals surface area contributed by atoms with Gasteiger partial charge in [-0.25, -0.2) is 0 Å². The van der Waals surface area contributed by atoms with Crippen LogP contribution < -0.4 is 5.32 Å². The van der Waals surface area contributed by atoms with Crippen molar-refractivity contribution in [3.8, 4) is 11.5 Å². The van der Waals surface area contributed by atoms with Gasteiger partial charge >= 0.3 is 0 Å². The van der Waals surface area contributed by atoms with Crippen molar-refractivity contribution in [3.05, 3.63) is 36.2 Å². The van der Waals surface area contributed by atoms with Gasteiger partial charge in [0.2, 0.25) is 0 Å². The summed E-state index contributed by atoms with van der Waals surface area (Å²) in [6.45, 7) is 1.04. The van der Waals surface area contributed by atoms with Crippen molar-refractivity contribution in [1.82, 2.24) is 15.5 Å². The van der Waals surface area contributed by atoms with Crippen molar-refractivity contribution in [2.75, 3.05) is 6.54 Å². The number of nitrogens with one attached hydrogen (secondary N) is 1. The van der Waals surface area contributed by atoms with E-state index in [1.165, 1.54) is 19.3 Å². The van der Waals surface area contributed by atoms with Gasteiger partial charge in [0.15, 0.2) is 5.82 Å². The monoisotopic (exact) mass is 279 g/mol. The second-order valence-corrected chi connectivity index (χ2v) is 4.68. The van der Waals surface area contributed by atoms with E-state index >= 15 is 0 Å². The van der Waals surface area contributed by atoms with Crippen LogP contribution in [0, 0.1) is 0 Å². The Bertz CT molecular complexity index is 492. The lowest BCUT2D eigenvalue weighted by molar-refractivity contribution is 0.402. The number of halogens is 1. The molecule has 1 unspecified atom stereocenters. The van der Waals surface area contributed by atoms with Crippen LogP contribution in [0.1, 0.15) is 37.5 Å². The topological polar surface area (TPSA) is 51.0 Å². The summed E-state index contributed by atoms with van der Waals surface area (Å²) in [7, 11) is 0. The van der Waals surface area contributed by atoms with Crippen LogP contribution in [0.2, 0.25) is 0 Å². The minimum atomic E-state index is 0. The first-order valence-corrected chi connectivity index (χ1v) is 6.56. The third kappa shape index (κ3) is 3.33. The van der Waals surface area contributed by atoms with Crippen LogP contribution in [0.3, 0.4) is 0 Å². The fraction of sp³-hybridized carbons (Fsp3) is 0.429. The molecule has 2 heterocycles. The maximum atomic E-state index is 5.34. The van der Waals surface area contributed by atoms with Gasteiger partial charge in [-0.3, -0.25) is 0 Å². The highest BCUT2D eigenvalue weighted by Crippen LogP contribution is 2.23. The molecule has 1 N–H and O–H groups in total. The molecule has 1 aromatic carbocycles. The Balaban J connectivity index is 0.00000133. The van der Waals surface area contributed by atoms with Crippen molar-refractivity contribution in [2.24, 2.45) is 0 Å². The Morgan fingerprint density at radius 3 is 2.79 bits per heavy atom. The molecule has 0 saturated carbocycles. The SMILES string of the molecule is Cl.c1ccc(-c2nc(C3CCCCCN3)no2)cc1. The first kappa shape index (κ1) is 14.0. The molecule has 1 aliphatic rings. The van der Waals surface area contributed by atoms with Crippen LogP contribution >= 0.6 is 12.4 Å². The second kappa shape index (κ2) is 6.68. The van der Waals surface area contributed by atoms with Gasteiger partial charge in [0, 0.05) is 5.56 Å². The number of rotatable bonds is 2. The van der Waals surface area contributed by atoms with Crippen molar-refractivity contribution in [2.45, 2.75) is 31.7 Å². The zero-order valence-electron chi connectivity index (χ0n) is 10.7. The highest BCUT2D eigenvalue weighted by molar-refractivity contribution is 5.85. The van der Waals surface area contributed by atoms with Crippen LogP contribution in [-0.2, 0) is 0 Å². The van der Waals surface area contributed by atoms with Gasteiger partial charge in [0.1, 0.15) is 0 Å². The standard InChI is InChI=1S/C14H17N3O.ClH/c1-3-7-11(8-4-1)14-16-13(17-18-14)12-9-5-2-6-10-15-12;/h1,3-4,7-8,12,15H,2,5-6,9-10H2;1H. The molecule has 0 bridgehead atoms. The van der Waals surface area contributed by atoms with Gasteiger partial charge in [0.05, 0.1) is 6.04 Å². The predicted molar refractivity (Wildman–Crippen MR) is 76.2 cm³/mol. The molecule has 102 valence electrons. The molecular weight excluding hydrogens is 262 g/mol. The van der Waals surface area contributed by atoms with E-state index in [9.17, 15) is 0 Å². The first-order chi connectivity index (χ1) is 8.93. The molecule has 0 amide bonds. The highest BCUT2D eigenvalue weighted by Gasteiger charge is 2.19. The van der Waals surface area contributed by atoms with E-state index in [1.54, 1.807) is 0 Å². The summed E-state index contributed by atoms with van der Waals surface area (Å²) in [4.78, 5) is 4.51. The third-order valence-corrected chi connectivity index (χ3v) is 3.33. The Kier molecular flexibility index (Phi) is 4.93. The Labute approximate surface area is 119 Å². The summed E-state index contributed by atoms with van der Waals surface area (Å²) in [5.74, 6) is 1.40. The van der Waals surface area contributed by atoms with Crippen molar-refractivity contribution >= 4 is 12.4 Å². The number of aromatic nitrogens is 2. The van der Waals surface area contributed by atoms with Gasteiger partial charge in [0.25, 0.3) is 5.89 Å². The van der Waals surface area contributed by atoms with Crippen LogP contribution in [-0.4, -0.2) is 16.7 Å². The van der Waals surface area contributed by atoms with E-state index in [0.717, 1.165) is 24.4 Å². The molecule has 5 heteroatoms. The molecule has 0 radical (unpaired) electrons. The van der Waals surface area contributed by atoms with Gasteiger partial charge in [-0.05, 0) is 31.5 Å². The summed E-state index contributed by atoms with van der Waals surface area (Å²) in [5, 5.41) is 7.59. The largest absolute Gasteiger partial charge is 0.334 e. The molecule has 1 fully saturated rings. The van der Waals surface area contributed by atoms with Crippen molar-refractivity contribution < 1.29 is 4.52 Å². The minimum Gasteiger partial charge on any atom is -0.334 e. The zero-order valence-corrected chi connectivity index (χ0v) is 11.5. The molecule has 1 saturated heterocycles. The second-order valence-electron chi connectivity index (χ2n) is 4.68. The molecule has 1 atom stereocenters. The average molecular weight is 280 g/mol. The van der Waals surface area contributed by atoms with Crippen molar-refractivity contribution in [3.63, 3.8) is 0 Å². The Hall–Kier alpha value is -1.39. The smallest absolute Gasteiger partial charge is 0.257 e. The summed E-state index contributed by atoms with van der Waals surface area (Å²) in [6.07, 6.45) is 4.84. The quantitative estimate of drug-likeness (QED) is 0.916. The molecule has 1 aromatic heterocycles. The Morgan fingerprint density at radius 2 is 1.95 bits per heavy atom. The fourth-order valence-corrected chi connectivity index (χ4v) is 2.32. The molecule has 2 aromatic rings. The summed E-state index contributed by atoms with van der Waals surface area (Å²) in [6, 6.07) is 10.1. The maximum absolute atomic E-state index is 5.34. The van der Waals surface area contributed by atoms with Crippen LogP contribution in [0.5, 0.6) is 0 Å². The summed E-state index contributed by atoms with van der Waals surface area (Å²) < 4.78 is 5.34. The molecule has 19 heavy (non-hydrogen) atoms. The number of benzene rings is 1. The molecule has 4 nitrogen and oxygen atoms in total. The molecule has 3 rings (SSSR count). The van der Waals surface area contributed by atoms with Gasteiger partial charge in [-0.1, -0.05) is 36.2 Å². The fourth-order valence-electron chi connectivity index (χ4n) is 2.32. The van der Waals surface area contributed by atoms with E-state index in [4.69, 9.17) is 4.52 Å². The lowest BCUT2D eigenvalue weighted by Gasteiger charge is -2.09. The van der Waals surface area contributed by atoms with E-state index < -0.39 is 0 Å². The van der Waals surface area contributed by atoms with Crippen LogP contribution in [0.15, 0.2) is 34.9 Å². The third-order valence-electron chi connectivity index (χ3n) is 3.33. The average Bonchev–Trinajstić information content (AvgIpc) is 2.76. The first-order valence-electron chi connectivity index (χ1n) is 6.56. The summed E-state index contributed by atoms with van der Waals surface area (Å²) in [5.41, 5.74) is 0.977. The summed E-state index contributed by atoms with van der Waals surface area (Å²) >= 11 is 0. The zero-order chi connectivity index (χ0) is 12.2. The Morgan fingerprint density at radius 1 is 1.11 bits per heavy atom. The maximum Gasteiger partial charge on any atom is 0.257 e. The molecule has 0 aliphatic carbocycles. The predicted octanol–water partition coefficient (Wildman–Crippen LogP) is 3.36. The normalized spacial score (nSPS) is 19.5. The number of hydrogen-bond donors (Lipinski definition) is 1. The van der Waals surface area contributed by atoms with Gasteiger partial charge in [-0.2, -0.15) is 4.98 Å². The lowest BCUT2D eigenvalue weighted by atomic mass is 10.1. The van der Waals surface area contributed by atoms with Gasteiger partial charge < -0.3 is 9.84 Å². The minimum absolute atomic E-state index is 0. The van der Waals surface area contributed by atoms with E-state index in [0.29, 0.717) is 5.89 Å². The van der Waals surface area contributed by atoms with Crippen molar-refractivity contribution in [1.29, 1.82) is 0 Å². The molecule has 0 spiro atoms. The van der Waals surface area contributed by atoms with Gasteiger partial charge in [-0.15, -0.1) is 12.4 Å². The van der Waals surface area contributed by atoms with E-state index in [2.05, 4.69) is 15.5 Å².